The molecule has 0 aliphatic rings. The summed E-state index contributed by atoms with van der Waals surface area (Å²) in [6, 6.07) is 10.0. The molecule has 0 aliphatic heterocycles. The zero-order valence-corrected chi connectivity index (χ0v) is 15.4. The Balaban J connectivity index is 1.61. The SMILES string of the molecule is CCc1nc(CN(C)C(=O)Cc2csc(-c3ccccc3)n2)cs1. The number of likely N-dealkylation sites (N-methyl/N-ethyl adjacent to an activating group) is 1. The summed E-state index contributed by atoms with van der Waals surface area (Å²) in [6.45, 7) is 2.63. The minimum absolute atomic E-state index is 0.0611. The fraction of sp³-hybridized carbons (Fsp3) is 0.278. The second-order valence-corrected chi connectivity index (χ2v) is 7.32. The van der Waals surface area contributed by atoms with Gasteiger partial charge >= 0.3 is 0 Å². The van der Waals surface area contributed by atoms with Gasteiger partial charge in [-0.1, -0.05) is 37.3 Å². The van der Waals surface area contributed by atoms with Crippen molar-refractivity contribution < 1.29 is 4.79 Å². The lowest BCUT2D eigenvalue weighted by Gasteiger charge is -2.15. The number of hydrogen-bond donors (Lipinski definition) is 0. The number of amides is 1. The quantitative estimate of drug-likeness (QED) is 0.669. The van der Waals surface area contributed by atoms with Gasteiger partial charge in [-0.05, 0) is 6.42 Å². The predicted octanol–water partition coefficient (Wildman–Crippen LogP) is 4.03. The molecule has 1 aromatic carbocycles. The Labute approximate surface area is 149 Å². The Morgan fingerprint density at radius 1 is 1.08 bits per heavy atom. The molecule has 6 heteroatoms. The van der Waals surface area contributed by atoms with E-state index in [1.165, 1.54) is 0 Å². The van der Waals surface area contributed by atoms with Crippen molar-refractivity contribution in [2.45, 2.75) is 26.3 Å². The smallest absolute Gasteiger partial charge is 0.228 e. The molecule has 0 unspecified atom stereocenters. The van der Waals surface area contributed by atoms with Gasteiger partial charge < -0.3 is 4.90 Å². The van der Waals surface area contributed by atoms with E-state index in [1.807, 2.05) is 48.1 Å². The lowest BCUT2D eigenvalue weighted by atomic mass is 10.2. The number of thiazole rings is 2. The van der Waals surface area contributed by atoms with Crippen LogP contribution in [0.3, 0.4) is 0 Å². The first-order valence-corrected chi connectivity index (χ1v) is 9.58. The van der Waals surface area contributed by atoms with Crippen LogP contribution in [0.4, 0.5) is 0 Å². The average Bonchev–Trinajstić information content (AvgIpc) is 3.25. The van der Waals surface area contributed by atoms with Gasteiger partial charge in [-0.2, -0.15) is 0 Å². The van der Waals surface area contributed by atoms with Gasteiger partial charge in [0.1, 0.15) is 5.01 Å². The van der Waals surface area contributed by atoms with Crippen LogP contribution in [0.5, 0.6) is 0 Å². The van der Waals surface area contributed by atoms with E-state index in [2.05, 4.69) is 16.9 Å². The number of nitrogens with zero attached hydrogens (tertiary/aromatic N) is 3. The summed E-state index contributed by atoms with van der Waals surface area (Å²) in [5.74, 6) is 0.0611. The highest BCUT2D eigenvalue weighted by Crippen LogP contribution is 2.23. The van der Waals surface area contributed by atoms with Crippen LogP contribution in [0.25, 0.3) is 10.6 Å². The van der Waals surface area contributed by atoms with Crippen LogP contribution in [0.1, 0.15) is 23.3 Å². The van der Waals surface area contributed by atoms with Gasteiger partial charge in [0.15, 0.2) is 0 Å². The van der Waals surface area contributed by atoms with Crippen molar-refractivity contribution in [3.05, 3.63) is 57.5 Å². The first-order chi connectivity index (χ1) is 11.7. The van der Waals surface area contributed by atoms with Crippen molar-refractivity contribution in [2.24, 2.45) is 0 Å². The van der Waals surface area contributed by atoms with Gasteiger partial charge in [-0.15, -0.1) is 22.7 Å². The van der Waals surface area contributed by atoms with Crippen LogP contribution < -0.4 is 0 Å². The third-order valence-corrected chi connectivity index (χ3v) is 5.61. The third kappa shape index (κ3) is 4.07. The average molecular weight is 358 g/mol. The van der Waals surface area contributed by atoms with E-state index in [0.29, 0.717) is 13.0 Å². The van der Waals surface area contributed by atoms with Crippen molar-refractivity contribution in [2.75, 3.05) is 7.05 Å². The summed E-state index contributed by atoms with van der Waals surface area (Å²) >= 11 is 3.22. The lowest BCUT2D eigenvalue weighted by Crippen LogP contribution is -2.28. The second kappa shape index (κ2) is 7.68. The van der Waals surface area contributed by atoms with Crippen LogP contribution in [0, 0.1) is 0 Å². The maximum Gasteiger partial charge on any atom is 0.228 e. The molecule has 0 N–H and O–H groups in total. The first-order valence-electron chi connectivity index (χ1n) is 7.82. The summed E-state index contributed by atoms with van der Waals surface area (Å²) in [7, 11) is 1.82. The predicted molar refractivity (Wildman–Crippen MR) is 99.2 cm³/mol. The normalized spacial score (nSPS) is 10.8. The Bertz CT molecular complexity index is 811. The molecule has 3 rings (SSSR count). The minimum Gasteiger partial charge on any atom is -0.339 e. The van der Waals surface area contributed by atoms with Crippen LogP contribution in [-0.4, -0.2) is 27.8 Å². The van der Waals surface area contributed by atoms with Crippen molar-refractivity contribution in [1.29, 1.82) is 0 Å². The standard InChI is InChI=1S/C18H19N3OS2/c1-3-16-19-15(12-23-16)10-21(2)17(22)9-14-11-24-18(20-14)13-7-5-4-6-8-13/h4-8,11-12H,3,9-10H2,1-2H3. The van der Waals surface area contributed by atoms with E-state index in [-0.39, 0.29) is 5.91 Å². The number of aryl methyl sites for hydroxylation is 1. The lowest BCUT2D eigenvalue weighted by molar-refractivity contribution is -0.129. The third-order valence-electron chi connectivity index (χ3n) is 3.63. The van der Waals surface area contributed by atoms with Gasteiger partial charge in [-0.3, -0.25) is 4.79 Å². The number of rotatable bonds is 6. The Kier molecular flexibility index (Phi) is 5.37. The largest absolute Gasteiger partial charge is 0.339 e. The molecule has 0 atom stereocenters. The molecule has 4 nitrogen and oxygen atoms in total. The summed E-state index contributed by atoms with van der Waals surface area (Å²) < 4.78 is 0. The Morgan fingerprint density at radius 2 is 1.83 bits per heavy atom. The maximum absolute atomic E-state index is 12.4. The topological polar surface area (TPSA) is 46.1 Å². The van der Waals surface area contributed by atoms with E-state index in [0.717, 1.165) is 33.4 Å². The molecule has 3 aromatic rings. The van der Waals surface area contributed by atoms with Crippen molar-refractivity contribution in [1.82, 2.24) is 14.9 Å². The van der Waals surface area contributed by atoms with Crippen LogP contribution in [0.15, 0.2) is 41.1 Å². The molecule has 0 fully saturated rings. The zero-order valence-electron chi connectivity index (χ0n) is 13.7. The highest BCUT2D eigenvalue weighted by atomic mass is 32.1. The summed E-state index contributed by atoms with van der Waals surface area (Å²) in [5.41, 5.74) is 2.86. The molecule has 124 valence electrons. The second-order valence-electron chi connectivity index (χ2n) is 5.52. The molecule has 0 bridgehead atoms. The fourth-order valence-electron chi connectivity index (χ4n) is 2.31. The summed E-state index contributed by atoms with van der Waals surface area (Å²) in [4.78, 5) is 23.2. The highest BCUT2D eigenvalue weighted by Gasteiger charge is 2.14. The minimum atomic E-state index is 0.0611. The van der Waals surface area contributed by atoms with Gasteiger partial charge in [0.25, 0.3) is 0 Å². The monoisotopic (exact) mass is 357 g/mol. The number of benzene rings is 1. The van der Waals surface area contributed by atoms with Crippen molar-refractivity contribution in [3.8, 4) is 10.6 Å². The van der Waals surface area contributed by atoms with E-state index in [9.17, 15) is 4.79 Å². The first kappa shape index (κ1) is 16.8. The summed E-state index contributed by atoms with van der Waals surface area (Å²) in [5, 5.41) is 6.05. The molecule has 0 radical (unpaired) electrons. The molecule has 24 heavy (non-hydrogen) atoms. The molecule has 0 spiro atoms. The molecule has 2 heterocycles. The van der Waals surface area contributed by atoms with E-state index in [4.69, 9.17) is 0 Å². The number of carbonyl (C=O) groups excluding carboxylic acids is 1. The van der Waals surface area contributed by atoms with Crippen LogP contribution in [0.2, 0.25) is 0 Å². The molecule has 0 saturated heterocycles. The molecule has 0 saturated carbocycles. The molecule has 0 aliphatic carbocycles. The van der Waals surface area contributed by atoms with Crippen LogP contribution in [-0.2, 0) is 24.2 Å². The van der Waals surface area contributed by atoms with E-state index >= 15 is 0 Å². The van der Waals surface area contributed by atoms with Crippen molar-refractivity contribution in [3.63, 3.8) is 0 Å². The molecule has 1 amide bonds. The van der Waals surface area contributed by atoms with Gasteiger partial charge in [-0.25, -0.2) is 9.97 Å². The summed E-state index contributed by atoms with van der Waals surface area (Å²) in [6.07, 6.45) is 1.26. The van der Waals surface area contributed by atoms with E-state index in [1.54, 1.807) is 27.6 Å². The van der Waals surface area contributed by atoms with Gasteiger partial charge in [0.2, 0.25) is 5.91 Å². The number of hydrogen-bond acceptors (Lipinski definition) is 5. The number of aromatic nitrogens is 2. The number of carbonyl (C=O) groups is 1. The molecule has 2 aromatic heterocycles. The van der Waals surface area contributed by atoms with Crippen LogP contribution >= 0.6 is 22.7 Å². The molecular weight excluding hydrogens is 338 g/mol. The molecular formula is C18H19N3OS2. The van der Waals surface area contributed by atoms with Gasteiger partial charge in [0.05, 0.1) is 29.4 Å². The highest BCUT2D eigenvalue weighted by molar-refractivity contribution is 7.13. The maximum atomic E-state index is 12.4. The Morgan fingerprint density at radius 3 is 2.54 bits per heavy atom. The fourth-order valence-corrected chi connectivity index (χ4v) is 3.87. The Hall–Kier alpha value is -2.05. The van der Waals surface area contributed by atoms with Gasteiger partial charge in [0, 0.05) is 23.4 Å². The zero-order chi connectivity index (χ0) is 16.9. The van der Waals surface area contributed by atoms with E-state index < -0.39 is 0 Å². The van der Waals surface area contributed by atoms with Crippen molar-refractivity contribution >= 4 is 28.6 Å².